The third-order valence-corrected chi connectivity index (χ3v) is 6.63. The second kappa shape index (κ2) is 11.4. The molecule has 1 aliphatic rings. The summed E-state index contributed by atoms with van der Waals surface area (Å²) in [5.41, 5.74) is 6.33. The molecule has 0 saturated heterocycles. The van der Waals surface area contributed by atoms with Crippen LogP contribution in [0.15, 0.2) is 73.1 Å². The van der Waals surface area contributed by atoms with Gasteiger partial charge in [0.2, 0.25) is 0 Å². The summed E-state index contributed by atoms with van der Waals surface area (Å²) < 4.78 is 31.9. The first-order valence-electron chi connectivity index (χ1n) is 12.5. The van der Waals surface area contributed by atoms with Crippen LogP contribution in [0.5, 0.6) is 5.75 Å². The predicted octanol–water partition coefficient (Wildman–Crippen LogP) is 5.28. The summed E-state index contributed by atoms with van der Waals surface area (Å²) in [7, 11) is 0. The third kappa shape index (κ3) is 5.64. The highest BCUT2D eigenvalue weighted by Crippen LogP contribution is 2.32. The molecular weight excluding hydrogens is 486 g/mol. The van der Waals surface area contributed by atoms with E-state index in [9.17, 15) is 13.6 Å². The summed E-state index contributed by atoms with van der Waals surface area (Å²) >= 11 is 0. The molecule has 4 aromatic rings. The number of amides is 1. The van der Waals surface area contributed by atoms with E-state index >= 15 is 0 Å². The number of carbonyl (C=O) groups excluding carboxylic acids is 1. The third-order valence-electron chi connectivity index (χ3n) is 6.63. The number of nitrogens with one attached hydrogen (secondary N) is 1. The molecule has 1 aliphatic heterocycles. The normalized spacial score (nSPS) is 12.9. The van der Waals surface area contributed by atoms with Crippen molar-refractivity contribution in [3.05, 3.63) is 107 Å². The lowest BCUT2D eigenvalue weighted by Gasteiger charge is -2.24. The lowest BCUT2D eigenvalue weighted by molar-refractivity contribution is 0.0951. The zero-order chi connectivity index (χ0) is 26.5. The molecule has 0 saturated carbocycles. The average molecular weight is 515 g/mol. The van der Waals surface area contributed by atoms with Gasteiger partial charge in [0.15, 0.2) is 0 Å². The number of ether oxygens (including phenoxy) is 1. The van der Waals surface area contributed by atoms with Crippen LogP contribution in [0.3, 0.4) is 0 Å². The number of nitrogens with zero attached hydrogens (tertiary/aromatic N) is 3. The first kappa shape index (κ1) is 25.3. The van der Waals surface area contributed by atoms with Crippen LogP contribution in [0, 0.1) is 12.7 Å². The molecule has 0 fully saturated rings. The molecule has 0 spiro atoms. The molecule has 6 nitrogen and oxygen atoms in total. The van der Waals surface area contributed by atoms with Crippen molar-refractivity contribution >= 4 is 11.7 Å². The van der Waals surface area contributed by atoms with Crippen molar-refractivity contribution in [3.8, 4) is 16.9 Å². The van der Waals surface area contributed by atoms with Crippen molar-refractivity contribution in [2.75, 3.05) is 31.3 Å². The minimum absolute atomic E-state index is 0.000616. The van der Waals surface area contributed by atoms with Gasteiger partial charge in [0.25, 0.3) is 5.91 Å². The number of hydrogen-bond acceptors (Lipinski definition) is 5. The molecule has 194 valence electrons. The van der Waals surface area contributed by atoms with E-state index < -0.39 is 6.67 Å². The Morgan fingerprint density at radius 2 is 1.79 bits per heavy atom. The van der Waals surface area contributed by atoms with Crippen molar-refractivity contribution < 1.29 is 18.3 Å². The van der Waals surface area contributed by atoms with Crippen molar-refractivity contribution in [2.24, 2.45) is 0 Å². The molecule has 2 heterocycles. The summed E-state index contributed by atoms with van der Waals surface area (Å²) in [6.07, 6.45) is 2.17. The smallest absolute Gasteiger partial charge is 0.251 e. The van der Waals surface area contributed by atoms with Crippen LogP contribution in [-0.4, -0.2) is 42.2 Å². The molecule has 1 amide bonds. The van der Waals surface area contributed by atoms with Gasteiger partial charge in [0.1, 0.15) is 37.0 Å². The number of anilines is 1. The Balaban J connectivity index is 1.40. The minimum Gasteiger partial charge on any atom is -0.491 e. The summed E-state index contributed by atoms with van der Waals surface area (Å²) in [5.74, 6) is 1.11. The Labute approximate surface area is 220 Å². The van der Waals surface area contributed by atoms with E-state index in [0.717, 1.165) is 45.1 Å². The van der Waals surface area contributed by atoms with Gasteiger partial charge in [0.05, 0.1) is 6.54 Å². The second-order valence-electron chi connectivity index (χ2n) is 9.18. The molecule has 0 bridgehead atoms. The van der Waals surface area contributed by atoms with E-state index in [-0.39, 0.29) is 18.3 Å². The van der Waals surface area contributed by atoms with Gasteiger partial charge in [0, 0.05) is 41.9 Å². The number of aryl methyl sites for hydroxylation is 1. The highest BCUT2D eigenvalue weighted by Gasteiger charge is 2.21. The van der Waals surface area contributed by atoms with E-state index in [1.54, 1.807) is 30.6 Å². The zero-order valence-corrected chi connectivity index (χ0v) is 21.1. The van der Waals surface area contributed by atoms with E-state index in [0.29, 0.717) is 31.7 Å². The van der Waals surface area contributed by atoms with E-state index in [1.807, 2.05) is 31.2 Å². The fourth-order valence-electron chi connectivity index (χ4n) is 4.61. The molecule has 0 aliphatic carbocycles. The molecule has 0 unspecified atom stereocenters. The highest BCUT2D eigenvalue weighted by atomic mass is 19.1. The first-order chi connectivity index (χ1) is 18.5. The van der Waals surface area contributed by atoms with Crippen molar-refractivity contribution in [1.29, 1.82) is 0 Å². The topological polar surface area (TPSA) is 67.3 Å². The Kier molecular flexibility index (Phi) is 7.58. The van der Waals surface area contributed by atoms with Crippen LogP contribution in [0.4, 0.5) is 14.6 Å². The van der Waals surface area contributed by atoms with Gasteiger partial charge >= 0.3 is 0 Å². The number of benzene rings is 3. The predicted molar refractivity (Wildman–Crippen MR) is 143 cm³/mol. The number of aromatic nitrogens is 2. The number of fused-ring (bicyclic) bond motifs is 1. The van der Waals surface area contributed by atoms with Gasteiger partial charge in [-0.2, -0.15) is 0 Å². The van der Waals surface area contributed by atoms with Crippen molar-refractivity contribution in [3.63, 3.8) is 0 Å². The van der Waals surface area contributed by atoms with Gasteiger partial charge in [-0.15, -0.1) is 0 Å². The van der Waals surface area contributed by atoms with E-state index in [1.165, 1.54) is 12.1 Å². The molecule has 38 heavy (non-hydrogen) atoms. The second-order valence-corrected chi connectivity index (χ2v) is 9.18. The van der Waals surface area contributed by atoms with Gasteiger partial charge in [-0.1, -0.05) is 30.3 Å². The number of rotatable bonds is 7. The Hall–Kier alpha value is -4.33. The standard InChI is InChI=1S/C30H28F2N4O2/c1-20-27(16-21-2-9-26(32)10-3-21)29(35-19-34-20)36-14-15-38-28-11-8-24(17-25(28)18-36)22-4-6-23(7-5-22)30(37)33-13-12-31/h2-11,17,19H,12-16,18H2,1H3,(H,33,37). The SMILES string of the molecule is Cc1ncnc(N2CCOc3ccc(-c4ccc(C(=O)NCCF)cc4)cc3C2)c1Cc1ccc(F)cc1. The van der Waals surface area contributed by atoms with Crippen LogP contribution in [0.2, 0.25) is 0 Å². The first-order valence-corrected chi connectivity index (χ1v) is 12.5. The Morgan fingerprint density at radius 1 is 1.03 bits per heavy atom. The molecular formula is C30H28F2N4O2. The van der Waals surface area contributed by atoms with Crippen LogP contribution in [0.25, 0.3) is 11.1 Å². The maximum Gasteiger partial charge on any atom is 0.251 e. The van der Waals surface area contributed by atoms with Crippen molar-refractivity contribution in [2.45, 2.75) is 19.9 Å². The molecule has 0 atom stereocenters. The number of halogens is 2. The fraction of sp³-hybridized carbons (Fsp3) is 0.233. The fourth-order valence-corrected chi connectivity index (χ4v) is 4.61. The maximum absolute atomic E-state index is 13.4. The average Bonchev–Trinajstić information content (AvgIpc) is 3.16. The summed E-state index contributed by atoms with van der Waals surface area (Å²) in [6.45, 7) is 3.12. The minimum atomic E-state index is -0.597. The Bertz CT molecular complexity index is 1430. The Morgan fingerprint density at radius 3 is 2.55 bits per heavy atom. The number of alkyl halides is 1. The summed E-state index contributed by atoms with van der Waals surface area (Å²) in [5, 5.41) is 2.54. The lowest BCUT2D eigenvalue weighted by Crippen LogP contribution is -2.28. The van der Waals surface area contributed by atoms with Crippen LogP contribution in [0.1, 0.15) is 32.7 Å². The van der Waals surface area contributed by atoms with Crippen LogP contribution in [-0.2, 0) is 13.0 Å². The molecule has 3 aromatic carbocycles. The largest absolute Gasteiger partial charge is 0.491 e. The molecule has 1 aromatic heterocycles. The van der Waals surface area contributed by atoms with Gasteiger partial charge < -0.3 is 15.0 Å². The number of carbonyl (C=O) groups is 1. The summed E-state index contributed by atoms with van der Waals surface area (Å²) in [4.78, 5) is 23.4. The van der Waals surface area contributed by atoms with Gasteiger partial charge in [-0.3, -0.25) is 4.79 Å². The van der Waals surface area contributed by atoms with E-state index in [4.69, 9.17) is 4.74 Å². The molecule has 8 heteroatoms. The quantitative estimate of drug-likeness (QED) is 0.364. The molecule has 0 radical (unpaired) electrons. The zero-order valence-electron chi connectivity index (χ0n) is 21.1. The van der Waals surface area contributed by atoms with Crippen LogP contribution >= 0.6 is 0 Å². The van der Waals surface area contributed by atoms with Gasteiger partial charge in [-0.25, -0.2) is 18.7 Å². The monoisotopic (exact) mass is 514 g/mol. The number of hydrogen-bond donors (Lipinski definition) is 1. The lowest BCUT2D eigenvalue weighted by atomic mass is 10.0. The molecule has 5 rings (SSSR count). The van der Waals surface area contributed by atoms with Gasteiger partial charge in [-0.05, 0) is 60.0 Å². The summed E-state index contributed by atoms with van der Waals surface area (Å²) in [6, 6.07) is 19.8. The molecule has 1 N–H and O–H groups in total. The van der Waals surface area contributed by atoms with Crippen molar-refractivity contribution in [1.82, 2.24) is 15.3 Å². The van der Waals surface area contributed by atoms with E-state index in [2.05, 4.69) is 26.3 Å². The maximum atomic E-state index is 13.4. The van der Waals surface area contributed by atoms with Crippen LogP contribution < -0.4 is 15.0 Å². The highest BCUT2D eigenvalue weighted by molar-refractivity contribution is 5.94.